The molecule has 7 heteroatoms. The van der Waals surface area contributed by atoms with Crippen LogP contribution in [0.25, 0.3) is 0 Å². The Balaban J connectivity index is 3.85. The van der Waals surface area contributed by atoms with Gasteiger partial charge in [-0.1, -0.05) is 0 Å². The number of carbonyl (C=O) groups excluding carboxylic acids is 1. The fourth-order valence-electron chi connectivity index (χ4n) is 1.23. The summed E-state index contributed by atoms with van der Waals surface area (Å²) >= 11 is 0. The predicted molar refractivity (Wildman–Crippen MR) is 74.4 cm³/mol. The van der Waals surface area contributed by atoms with E-state index in [4.69, 9.17) is 15.6 Å². The number of hydrogen-bond acceptors (Lipinski definition) is 5. The van der Waals surface area contributed by atoms with Crippen LogP contribution in [0.2, 0.25) is 0 Å². The Bertz CT molecular complexity index is 323. The second-order valence-electron chi connectivity index (χ2n) is 6.01. The summed E-state index contributed by atoms with van der Waals surface area (Å²) in [5, 5.41) is 11.0. The summed E-state index contributed by atoms with van der Waals surface area (Å²) in [6.07, 6.45) is 0.714. The molecule has 1 amide bonds. The summed E-state index contributed by atoms with van der Waals surface area (Å²) < 4.78 is 10.3. The fraction of sp³-hybridized carbons (Fsp3) is 0.846. The molecule has 0 aliphatic heterocycles. The van der Waals surface area contributed by atoms with Crippen molar-refractivity contribution in [3.05, 3.63) is 0 Å². The Morgan fingerprint density at radius 2 is 1.80 bits per heavy atom. The van der Waals surface area contributed by atoms with Crippen molar-refractivity contribution in [3.63, 3.8) is 0 Å². The predicted octanol–water partition coefficient (Wildman–Crippen LogP) is 0.126. The van der Waals surface area contributed by atoms with E-state index in [1.54, 1.807) is 0 Å². The number of nitrogens with two attached hydrogens (primary N) is 1. The number of carbonyl (C=O) groups is 2. The molecular weight excluding hydrogens is 264 g/mol. The van der Waals surface area contributed by atoms with Gasteiger partial charge in [-0.15, -0.1) is 0 Å². The van der Waals surface area contributed by atoms with Crippen LogP contribution in [-0.2, 0) is 19.1 Å². The molecule has 0 aliphatic rings. The summed E-state index contributed by atoms with van der Waals surface area (Å²) in [6.45, 7) is 7.60. The third kappa shape index (κ3) is 11.9. The smallest absolute Gasteiger partial charge is 0.329 e. The summed E-state index contributed by atoms with van der Waals surface area (Å²) in [5.74, 6) is -1.48. The molecule has 0 heterocycles. The van der Waals surface area contributed by atoms with Crippen LogP contribution in [0.5, 0.6) is 0 Å². The minimum absolute atomic E-state index is 0.280. The minimum atomic E-state index is -1.11. The van der Waals surface area contributed by atoms with Crippen LogP contribution in [0.1, 0.15) is 34.1 Å². The van der Waals surface area contributed by atoms with Crippen molar-refractivity contribution < 1.29 is 24.2 Å². The van der Waals surface area contributed by atoms with Crippen molar-refractivity contribution in [1.82, 2.24) is 5.32 Å². The molecule has 0 saturated heterocycles. The molecular formula is C13H26N2O5. The van der Waals surface area contributed by atoms with Gasteiger partial charge in [0.15, 0.2) is 0 Å². The molecule has 0 spiro atoms. The van der Waals surface area contributed by atoms with E-state index in [1.165, 1.54) is 0 Å². The highest BCUT2D eigenvalue weighted by Crippen LogP contribution is 2.11. The minimum Gasteiger partial charge on any atom is -0.480 e. The van der Waals surface area contributed by atoms with Gasteiger partial charge in [-0.25, -0.2) is 4.79 Å². The molecule has 0 saturated carbocycles. The third-order valence-electron chi connectivity index (χ3n) is 2.41. The first kappa shape index (κ1) is 18.8. The molecule has 4 N–H and O–H groups in total. The normalized spacial score (nSPS) is 12.2. The van der Waals surface area contributed by atoms with Crippen molar-refractivity contribution in [2.24, 2.45) is 5.73 Å². The number of aliphatic carboxylic acids is 1. The second kappa shape index (κ2) is 8.18. The number of ether oxygens (including phenoxy) is 2. The van der Waals surface area contributed by atoms with Crippen LogP contribution in [0.3, 0.4) is 0 Å². The Labute approximate surface area is 119 Å². The van der Waals surface area contributed by atoms with Crippen LogP contribution in [-0.4, -0.2) is 54.5 Å². The monoisotopic (exact) mass is 290 g/mol. The summed E-state index contributed by atoms with van der Waals surface area (Å²) in [6, 6.07) is 0. The van der Waals surface area contributed by atoms with Gasteiger partial charge in [-0.2, -0.15) is 0 Å². The van der Waals surface area contributed by atoms with Gasteiger partial charge in [-0.3, -0.25) is 4.79 Å². The quantitative estimate of drug-likeness (QED) is 0.527. The van der Waals surface area contributed by atoms with Crippen LogP contribution in [0, 0.1) is 0 Å². The average molecular weight is 290 g/mol. The maximum absolute atomic E-state index is 11.4. The van der Waals surface area contributed by atoms with Gasteiger partial charge in [0, 0.05) is 18.7 Å². The maximum atomic E-state index is 11.4. The van der Waals surface area contributed by atoms with Crippen LogP contribution >= 0.6 is 0 Å². The third-order valence-corrected chi connectivity index (χ3v) is 2.41. The summed E-state index contributed by atoms with van der Waals surface area (Å²) in [7, 11) is 0. The largest absolute Gasteiger partial charge is 0.480 e. The van der Waals surface area contributed by atoms with E-state index in [9.17, 15) is 9.59 Å². The van der Waals surface area contributed by atoms with Gasteiger partial charge < -0.3 is 25.6 Å². The van der Waals surface area contributed by atoms with E-state index < -0.39 is 18.2 Å². The molecule has 0 aromatic carbocycles. The van der Waals surface area contributed by atoms with Crippen molar-refractivity contribution in [2.45, 2.75) is 45.3 Å². The van der Waals surface area contributed by atoms with Crippen molar-refractivity contribution in [3.8, 4) is 0 Å². The molecule has 0 rings (SSSR count). The fourth-order valence-corrected chi connectivity index (χ4v) is 1.23. The van der Waals surface area contributed by atoms with Crippen molar-refractivity contribution in [1.29, 1.82) is 0 Å². The van der Waals surface area contributed by atoms with Gasteiger partial charge in [0.25, 0.3) is 0 Å². The van der Waals surface area contributed by atoms with E-state index in [0.717, 1.165) is 0 Å². The molecule has 20 heavy (non-hydrogen) atoms. The number of amides is 1. The first-order valence-corrected chi connectivity index (χ1v) is 6.51. The van der Waals surface area contributed by atoms with E-state index in [0.29, 0.717) is 19.6 Å². The van der Waals surface area contributed by atoms with Crippen LogP contribution in [0.4, 0.5) is 0 Å². The second-order valence-corrected chi connectivity index (χ2v) is 6.01. The number of carboxylic acid groups (broad SMARTS) is 1. The van der Waals surface area contributed by atoms with Crippen LogP contribution in [0.15, 0.2) is 0 Å². The topological polar surface area (TPSA) is 111 Å². The molecule has 118 valence electrons. The lowest BCUT2D eigenvalue weighted by atomic mass is 10.0. The highest BCUT2D eigenvalue weighted by atomic mass is 16.5. The molecule has 0 aromatic heterocycles. The van der Waals surface area contributed by atoms with E-state index in [-0.39, 0.29) is 18.1 Å². The van der Waals surface area contributed by atoms with Gasteiger partial charge >= 0.3 is 5.97 Å². The molecule has 0 aromatic rings. The highest BCUT2D eigenvalue weighted by molar-refractivity contribution is 5.77. The number of rotatable bonds is 10. The zero-order valence-electron chi connectivity index (χ0n) is 12.7. The maximum Gasteiger partial charge on any atom is 0.329 e. The lowest BCUT2D eigenvalue weighted by Crippen LogP contribution is -2.43. The molecule has 0 unspecified atom stereocenters. The first-order chi connectivity index (χ1) is 9.02. The number of hydrogen-bond donors (Lipinski definition) is 3. The van der Waals surface area contributed by atoms with Gasteiger partial charge in [0.2, 0.25) is 5.91 Å². The van der Waals surface area contributed by atoms with Gasteiger partial charge in [0.05, 0.1) is 5.60 Å². The zero-order valence-corrected chi connectivity index (χ0v) is 12.7. The SMILES string of the molecule is CC(C)(N)CCOC(C)(C)CNC(=O)COCC(=O)O. The van der Waals surface area contributed by atoms with Gasteiger partial charge in [-0.05, 0) is 34.1 Å². The lowest BCUT2D eigenvalue weighted by Gasteiger charge is -2.28. The summed E-state index contributed by atoms with van der Waals surface area (Å²) in [4.78, 5) is 21.6. The lowest BCUT2D eigenvalue weighted by molar-refractivity contribution is -0.143. The van der Waals surface area contributed by atoms with Gasteiger partial charge in [0.1, 0.15) is 13.2 Å². The Morgan fingerprint density at radius 3 is 2.30 bits per heavy atom. The number of carboxylic acids is 1. The zero-order chi connectivity index (χ0) is 15.8. The number of nitrogens with one attached hydrogen (secondary N) is 1. The Morgan fingerprint density at radius 1 is 1.20 bits per heavy atom. The molecule has 0 bridgehead atoms. The van der Waals surface area contributed by atoms with Crippen LogP contribution < -0.4 is 11.1 Å². The molecule has 0 fully saturated rings. The standard InChI is InChI=1S/C13H26N2O5/c1-12(2,14)5-6-20-13(3,4)9-15-10(16)7-19-8-11(17)18/h5-9,14H2,1-4H3,(H,15,16)(H,17,18). The van der Waals surface area contributed by atoms with Crippen molar-refractivity contribution in [2.75, 3.05) is 26.4 Å². The van der Waals surface area contributed by atoms with E-state index in [2.05, 4.69) is 10.1 Å². The Hall–Kier alpha value is -1.18. The highest BCUT2D eigenvalue weighted by Gasteiger charge is 2.21. The molecule has 0 aliphatic carbocycles. The van der Waals surface area contributed by atoms with E-state index >= 15 is 0 Å². The summed E-state index contributed by atoms with van der Waals surface area (Å²) in [5.41, 5.74) is 5.04. The molecule has 0 atom stereocenters. The van der Waals surface area contributed by atoms with E-state index in [1.807, 2.05) is 27.7 Å². The first-order valence-electron chi connectivity index (χ1n) is 6.51. The van der Waals surface area contributed by atoms with Crippen molar-refractivity contribution >= 4 is 11.9 Å². The average Bonchev–Trinajstić information content (AvgIpc) is 2.24. The molecule has 0 radical (unpaired) electrons. The Kier molecular flexibility index (Phi) is 7.70. The molecule has 7 nitrogen and oxygen atoms in total.